The number of aliphatic imine (C=N–C) groups is 1. The predicted molar refractivity (Wildman–Crippen MR) is 108 cm³/mol. The minimum atomic E-state index is -0.350. The molecule has 27 heavy (non-hydrogen) atoms. The number of benzene rings is 2. The number of nitrogens with one attached hydrogen (secondary N) is 2. The van der Waals surface area contributed by atoms with Crippen LogP contribution in [0.15, 0.2) is 76.5 Å². The van der Waals surface area contributed by atoms with Crippen LogP contribution in [0.5, 0.6) is 0 Å². The largest absolute Gasteiger partial charge is 0.326 e. The van der Waals surface area contributed by atoms with Crippen LogP contribution in [0.25, 0.3) is 0 Å². The Morgan fingerprint density at radius 2 is 1.67 bits per heavy atom. The number of rotatable bonds is 4. The molecule has 1 amide bonds. The van der Waals surface area contributed by atoms with E-state index in [1.165, 1.54) is 6.07 Å². The Labute approximate surface area is 165 Å². The average molecular weight is 400 g/mol. The zero-order valence-corrected chi connectivity index (χ0v) is 15.6. The molecule has 0 unspecified atom stereocenters. The van der Waals surface area contributed by atoms with Gasteiger partial charge in [0.05, 0.1) is 5.69 Å². The summed E-state index contributed by atoms with van der Waals surface area (Å²) < 4.78 is 0. The summed E-state index contributed by atoms with van der Waals surface area (Å²) in [4.78, 5) is 31.3. The number of H-pyrrole nitrogens is 1. The highest BCUT2D eigenvalue weighted by Gasteiger charge is 2.11. The molecule has 7 heteroatoms. The lowest BCUT2D eigenvalue weighted by Gasteiger charge is -2.10. The van der Waals surface area contributed by atoms with Gasteiger partial charge >= 0.3 is 0 Å². The van der Waals surface area contributed by atoms with Crippen molar-refractivity contribution in [1.29, 1.82) is 0 Å². The maximum absolute atomic E-state index is 12.6. The van der Waals surface area contributed by atoms with Gasteiger partial charge in [0, 0.05) is 33.8 Å². The zero-order valence-electron chi connectivity index (χ0n) is 14.1. The fourth-order valence-electron chi connectivity index (χ4n) is 2.42. The molecular weight excluding hydrogens is 385 g/mol. The van der Waals surface area contributed by atoms with Crippen LogP contribution < -0.4 is 10.9 Å². The van der Waals surface area contributed by atoms with Crippen LogP contribution in [0.3, 0.4) is 0 Å². The van der Waals surface area contributed by atoms with Gasteiger partial charge in [-0.2, -0.15) is 0 Å². The van der Waals surface area contributed by atoms with Crippen LogP contribution in [-0.4, -0.2) is 16.7 Å². The molecule has 136 valence electrons. The predicted octanol–water partition coefficient (Wildman–Crippen LogP) is 4.38. The summed E-state index contributed by atoms with van der Waals surface area (Å²) in [5, 5.41) is 3.78. The van der Waals surface area contributed by atoms with Crippen LogP contribution >= 0.6 is 23.2 Å². The van der Waals surface area contributed by atoms with E-state index in [9.17, 15) is 9.59 Å². The fourth-order valence-corrected chi connectivity index (χ4v) is 2.80. The topological polar surface area (TPSA) is 74.3 Å². The Hall–Kier alpha value is -2.89. The maximum Gasteiger partial charge on any atom is 0.256 e. The van der Waals surface area contributed by atoms with E-state index in [1.54, 1.807) is 60.7 Å². The summed E-state index contributed by atoms with van der Waals surface area (Å²) in [6, 6.07) is 18.4. The second-order valence-corrected chi connectivity index (χ2v) is 6.59. The van der Waals surface area contributed by atoms with Gasteiger partial charge in [-0.1, -0.05) is 41.4 Å². The lowest BCUT2D eigenvalue weighted by molar-refractivity contribution is 0.0976. The molecule has 2 N–H and O–H groups in total. The number of hydrogen-bond donors (Lipinski definition) is 2. The molecule has 0 bridgehead atoms. The first kappa shape index (κ1) is 18.9. The van der Waals surface area contributed by atoms with Gasteiger partial charge in [-0.25, -0.2) is 4.99 Å². The minimum Gasteiger partial charge on any atom is -0.326 e. The summed E-state index contributed by atoms with van der Waals surface area (Å²) >= 11 is 12.0. The van der Waals surface area contributed by atoms with Gasteiger partial charge in [0.1, 0.15) is 5.84 Å². The van der Waals surface area contributed by atoms with Crippen molar-refractivity contribution >= 4 is 40.6 Å². The first-order valence-electron chi connectivity index (χ1n) is 8.08. The molecule has 0 saturated carbocycles. The number of hydrogen-bond acceptors (Lipinski definition) is 3. The van der Waals surface area contributed by atoms with Crippen molar-refractivity contribution in [1.82, 2.24) is 10.3 Å². The molecule has 0 atom stereocenters. The Kier molecular flexibility index (Phi) is 6.06. The van der Waals surface area contributed by atoms with Gasteiger partial charge in [0.2, 0.25) is 5.56 Å². The molecule has 0 aliphatic carbocycles. The average Bonchev–Trinajstić information content (AvgIpc) is 2.61. The van der Waals surface area contributed by atoms with Crippen molar-refractivity contribution in [3.63, 3.8) is 0 Å². The van der Waals surface area contributed by atoms with Crippen molar-refractivity contribution in [3.05, 3.63) is 98.4 Å². The first-order valence-corrected chi connectivity index (χ1v) is 8.83. The highest BCUT2D eigenvalue weighted by Crippen LogP contribution is 2.18. The third-order valence-corrected chi connectivity index (χ3v) is 4.07. The SMILES string of the molecule is O=C(NC(Cc1cccc(=O)[nH]1)=Nc1cccc(Cl)c1)c1cccc(Cl)c1. The van der Waals surface area contributed by atoms with Crippen LogP contribution in [0, 0.1) is 0 Å². The number of amides is 1. The molecule has 5 nitrogen and oxygen atoms in total. The molecule has 1 heterocycles. The molecule has 1 aromatic heterocycles. The monoisotopic (exact) mass is 399 g/mol. The van der Waals surface area contributed by atoms with Crippen molar-refractivity contribution in [2.45, 2.75) is 6.42 Å². The Morgan fingerprint density at radius 1 is 0.963 bits per heavy atom. The van der Waals surface area contributed by atoms with Gasteiger partial charge < -0.3 is 10.3 Å². The second kappa shape index (κ2) is 8.66. The number of aromatic amines is 1. The van der Waals surface area contributed by atoms with Crippen molar-refractivity contribution in [2.75, 3.05) is 0 Å². The normalized spacial score (nSPS) is 11.3. The van der Waals surface area contributed by atoms with E-state index in [4.69, 9.17) is 23.2 Å². The van der Waals surface area contributed by atoms with Crippen LogP contribution in [0.4, 0.5) is 5.69 Å². The van der Waals surface area contributed by atoms with Crippen LogP contribution in [0.2, 0.25) is 10.0 Å². The molecule has 0 saturated heterocycles. The molecule has 0 aliphatic heterocycles. The van der Waals surface area contributed by atoms with Gasteiger partial charge in [-0.05, 0) is 42.5 Å². The number of pyridine rings is 1. The summed E-state index contributed by atoms with van der Waals surface area (Å²) in [5.41, 5.74) is 1.38. The Balaban J connectivity index is 1.91. The van der Waals surface area contributed by atoms with Gasteiger partial charge in [-0.15, -0.1) is 0 Å². The van der Waals surface area contributed by atoms with Crippen molar-refractivity contribution < 1.29 is 4.79 Å². The number of amidine groups is 1. The van der Waals surface area contributed by atoms with Crippen molar-refractivity contribution in [2.24, 2.45) is 4.99 Å². The van der Waals surface area contributed by atoms with E-state index in [0.29, 0.717) is 32.8 Å². The molecule has 2 aromatic carbocycles. The Bertz CT molecular complexity index is 1060. The highest BCUT2D eigenvalue weighted by atomic mass is 35.5. The van der Waals surface area contributed by atoms with E-state index in [1.807, 2.05) is 0 Å². The maximum atomic E-state index is 12.6. The van der Waals surface area contributed by atoms with Gasteiger partial charge in [0.25, 0.3) is 5.91 Å². The summed E-state index contributed by atoms with van der Waals surface area (Å²) in [5.74, 6) is 0.0145. The number of carbonyl (C=O) groups is 1. The molecule has 0 spiro atoms. The van der Waals surface area contributed by atoms with E-state index in [2.05, 4.69) is 15.3 Å². The van der Waals surface area contributed by atoms with Crippen LogP contribution in [-0.2, 0) is 6.42 Å². The molecule has 0 fully saturated rings. The van der Waals surface area contributed by atoms with Crippen molar-refractivity contribution in [3.8, 4) is 0 Å². The third-order valence-electron chi connectivity index (χ3n) is 3.60. The third kappa shape index (κ3) is 5.54. The summed E-state index contributed by atoms with van der Waals surface area (Å²) in [7, 11) is 0. The lowest BCUT2D eigenvalue weighted by atomic mass is 10.2. The molecular formula is C20H15Cl2N3O2. The van der Waals surface area contributed by atoms with E-state index in [0.717, 1.165) is 0 Å². The van der Waals surface area contributed by atoms with E-state index < -0.39 is 0 Å². The smallest absolute Gasteiger partial charge is 0.256 e. The number of aromatic nitrogens is 1. The second-order valence-electron chi connectivity index (χ2n) is 5.72. The molecule has 3 aromatic rings. The van der Waals surface area contributed by atoms with E-state index >= 15 is 0 Å². The number of halogens is 2. The summed E-state index contributed by atoms with van der Waals surface area (Å²) in [6.07, 6.45) is 0.231. The molecule has 0 aliphatic rings. The zero-order chi connectivity index (χ0) is 19.2. The Morgan fingerprint density at radius 3 is 2.37 bits per heavy atom. The lowest BCUT2D eigenvalue weighted by Crippen LogP contribution is -2.32. The van der Waals surface area contributed by atoms with Gasteiger partial charge in [-0.3, -0.25) is 9.59 Å². The van der Waals surface area contributed by atoms with Crippen LogP contribution in [0.1, 0.15) is 16.1 Å². The standard InChI is InChI=1S/C20H15Cl2N3O2/c21-14-5-1-4-13(10-14)20(27)25-18(12-17-8-3-9-19(26)24-17)23-16-7-2-6-15(22)11-16/h1-11H,12H2,(H,24,26)(H,23,25,27). The quantitative estimate of drug-likeness (QED) is 0.504. The highest BCUT2D eigenvalue weighted by molar-refractivity contribution is 6.31. The molecule has 0 radical (unpaired) electrons. The minimum absolute atomic E-state index is 0.226. The van der Waals surface area contributed by atoms with E-state index in [-0.39, 0.29) is 17.9 Å². The first-order chi connectivity index (χ1) is 13.0. The van der Waals surface area contributed by atoms with Gasteiger partial charge in [0.15, 0.2) is 0 Å². The summed E-state index contributed by atoms with van der Waals surface area (Å²) in [6.45, 7) is 0. The number of nitrogens with zero attached hydrogens (tertiary/aromatic N) is 1. The molecule has 3 rings (SSSR count). The fraction of sp³-hybridized carbons (Fsp3) is 0.0500. The number of carbonyl (C=O) groups excluding carboxylic acids is 1.